The maximum atomic E-state index is 14.6. The molecule has 0 spiro atoms. The van der Waals surface area contributed by atoms with Crippen LogP contribution in [0.15, 0.2) is 18.3 Å². The van der Waals surface area contributed by atoms with Gasteiger partial charge >= 0.3 is 0 Å². The number of nitrogens with one attached hydrogen (secondary N) is 1. The molecule has 158 valence electrons. The summed E-state index contributed by atoms with van der Waals surface area (Å²) in [6.45, 7) is 5.16. The van der Waals surface area contributed by atoms with Crippen LogP contribution in [0.4, 0.5) is 4.39 Å². The third-order valence-electron chi connectivity index (χ3n) is 6.57. The molecule has 29 heavy (non-hydrogen) atoms. The lowest BCUT2D eigenvalue weighted by Crippen LogP contribution is -2.56. The second-order valence-electron chi connectivity index (χ2n) is 8.21. The lowest BCUT2D eigenvalue weighted by atomic mass is 9.84. The summed E-state index contributed by atoms with van der Waals surface area (Å²) < 4.78 is 14.6. The van der Waals surface area contributed by atoms with E-state index in [1.807, 2.05) is 4.90 Å². The van der Waals surface area contributed by atoms with Crippen molar-refractivity contribution < 1.29 is 14.0 Å². The molecular weight excluding hydrogens is 375 g/mol. The van der Waals surface area contributed by atoms with E-state index >= 15 is 0 Å². The highest BCUT2D eigenvalue weighted by Gasteiger charge is 2.36. The van der Waals surface area contributed by atoms with Crippen LogP contribution in [0.2, 0.25) is 0 Å². The molecule has 0 saturated carbocycles. The number of carbonyl (C=O) groups is 1. The summed E-state index contributed by atoms with van der Waals surface area (Å²) >= 11 is 0. The molecule has 2 aromatic rings. The number of nitrogens with zero attached hydrogens (tertiary/aromatic N) is 3. The number of benzene rings is 1. The average Bonchev–Trinajstić information content (AvgIpc) is 3.14. The predicted octanol–water partition coefficient (Wildman–Crippen LogP) is 1.29. The monoisotopic (exact) mass is 404 g/mol. The molecule has 1 aromatic heterocycles. The molecule has 4 rings (SSSR count). The van der Waals surface area contributed by atoms with Gasteiger partial charge in [0.1, 0.15) is 11.9 Å². The Morgan fingerprint density at radius 3 is 2.72 bits per heavy atom. The van der Waals surface area contributed by atoms with Crippen molar-refractivity contribution in [2.24, 2.45) is 17.5 Å². The molecule has 0 aliphatic carbocycles. The Kier molecular flexibility index (Phi) is 5.82. The number of carbonyl (C=O) groups excluding carboxylic acids is 1. The van der Waals surface area contributed by atoms with E-state index in [2.05, 4.69) is 15.1 Å². The topological polar surface area (TPSA) is 113 Å². The molecule has 3 atom stereocenters. The summed E-state index contributed by atoms with van der Waals surface area (Å²) in [6, 6.07) is 2.68. The molecule has 1 amide bonds. The Hall–Kier alpha value is -2.07. The number of hydrogen-bond acceptors (Lipinski definition) is 6. The molecule has 0 radical (unpaired) electrons. The summed E-state index contributed by atoms with van der Waals surface area (Å²) in [5.41, 5.74) is 7.58. The van der Waals surface area contributed by atoms with Crippen molar-refractivity contribution in [3.05, 3.63) is 29.7 Å². The Bertz CT molecular complexity index is 866. The van der Waals surface area contributed by atoms with Crippen molar-refractivity contribution in [2.45, 2.75) is 44.4 Å². The predicted molar refractivity (Wildman–Crippen MR) is 107 cm³/mol. The first-order chi connectivity index (χ1) is 14.0. The van der Waals surface area contributed by atoms with Crippen LogP contribution >= 0.6 is 0 Å². The van der Waals surface area contributed by atoms with Gasteiger partial charge in [0.15, 0.2) is 0 Å². The van der Waals surface area contributed by atoms with Crippen LogP contribution < -0.4 is 11.6 Å². The first kappa shape index (κ1) is 20.2. The number of H-pyrrole nitrogens is 1. The summed E-state index contributed by atoms with van der Waals surface area (Å²) in [7, 11) is 0. The van der Waals surface area contributed by atoms with Crippen molar-refractivity contribution in [2.75, 3.05) is 26.2 Å². The van der Waals surface area contributed by atoms with Gasteiger partial charge in [0, 0.05) is 37.0 Å². The van der Waals surface area contributed by atoms with E-state index in [4.69, 9.17) is 16.5 Å². The highest BCUT2D eigenvalue weighted by atomic mass is 19.1. The Morgan fingerprint density at radius 2 is 2.10 bits per heavy atom. The molecule has 2 saturated heterocycles. The largest absolute Gasteiger partial charge is 0.339 e. The number of nitrogens with two attached hydrogens (primary N) is 2. The molecule has 2 aliphatic heterocycles. The van der Waals surface area contributed by atoms with E-state index in [9.17, 15) is 9.18 Å². The number of piperidine rings is 1. The third kappa shape index (κ3) is 3.87. The van der Waals surface area contributed by atoms with Crippen molar-refractivity contribution in [3.8, 4) is 0 Å². The first-order valence-corrected chi connectivity index (χ1v) is 10.2. The fourth-order valence-electron chi connectivity index (χ4n) is 4.81. The van der Waals surface area contributed by atoms with Crippen LogP contribution in [0.3, 0.4) is 0 Å². The fourth-order valence-corrected chi connectivity index (χ4v) is 4.81. The zero-order valence-corrected chi connectivity index (χ0v) is 16.7. The van der Waals surface area contributed by atoms with Gasteiger partial charge in [0.05, 0.1) is 17.8 Å². The Balaban J connectivity index is 1.41. The van der Waals surface area contributed by atoms with Gasteiger partial charge in [-0.25, -0.2) is 10.3 Å². The molecule has 8 nitrogen and oxygen atoms in total. The van der Waals surface area contributed by atoms with E-state index in [1.54, 1.807) is 19.2 Å². The lowest BCUT2D eigenvalue weighted by molar-refractivity contribution is -0.137. The molecule has 2 fully saturated rings. The minimum absolute atomic E-state index is 0.137. The number of aromatic nitrogens is 2. The van der Waals surface area contributed by atoms with Gasteiger partial charge in [-0.05, 0) is 50.4 Å². The zero-order valence-electron chi connectivity index (χ0n) is 16.7. The number of hydrogen-bond donors (Lipinski definition) is 3. The number of halogens is 1. The van der Waals surface area contributed by atoms with E-state index in [0.717, 1.165) is 51.0 Å². The summed E-state index contributed by atoms with van der Waals surface area (Å²) in [5.74, 6) is 5.53. The van der Waals surface area contributed by atoms with Crippen molar-refractivity contribution in [1.82, 2.24) is 20.0 Å². The van der Waals surface area contributed by atoms with Gasteiger partial charge < -0.3 is 15.5 Å². The van der Waals surface area contributed by atoms with Gasteiger partial charge in [-0.15, -0.1) is 0 Å². The van der Waals surface area contributed by atoms with E-state index < -0.39 is 12.1 Å². The first-order valence-electron chi connectivity index (χ1n) is 10.2. The molecule has 1 aromatic carbocycles. The van der Waals surface area contributed by atoms with Gasteiger partial charge in [0.25, 0.3) is 0 Å². The van der Waals surface area contributed by atoms with Gasteiger partial charge in [0.2, 0.25) is 5.91 Å². The number of likely N-dealkylation sites (tertiary alicyclic amines) is 2. The highest BCUT2D eigenvalue weighted by Crippen LogP contribution is 2.34. The van der Waals surface area contributed by atoms with E-state index in [0.29, 0.717) is 17.0 Å². The number of fused-ring (bicyclic) bond motifs is 1. The molecule has 2 aliphatic rings. The van der Waals surface area contributed by atoms with Gasteiger partial charge in [-0.2, -0.15) is 5.10 Å². The van der Waals surface area contributed by atoms with Crippen LogP contribution in [0, 0.1) is 11.7 Å². The normalized spacial score (nSPS) is 23.2. The molecule has 2 unspecified atom stereocenters. The smallest absolute Gasteiger partial charge is 0.219 e. The minimum Gasteiger partial charge on any atom is -0.339 e. The zero-order chi connectivity index (χ0) is 20.5. The Labute approximate surface area is 169 Å². The molecule has 0 bridgehead atoms. The SMILES string of the molecule is CC(=O)N1CCC1CN1CCC([C@@H](ON)C(N)c2c(F)ccc3[nH]ncc23)CC1. The van der Waals surface area contributed by atoms with Crippen molar-refractivity contribution in [3.63, 3.8) is 0 Å². The molecule has 3 heterocycles. The summed E-state index contributed by atoms with van der Waals surface area (Å²) in [6.07, 6.45) is 3.90. The van der Waals surface area contributed by atoms with Crippen molar-refractivity contribution in [1.29, 1.82) is 0 Å². The number of aromatic amines is 1. The average molecular weight is 404 g/mol. The minimum atomic E-state index is -0.683. The second kappa shape index (κ2) is 8.35. The molecule has 5 N–H and O–H groups in total. The molecule has 9 heteroatoms. The lowest BCUT2D eigenvalue weighted by Gasteiger charge is -2.45. The van der Waals surface area contributed by atoms with E-state index in [1.165, 1.54) is 6.07 Å². The number of amides is 1. The number of rotatable bonds is 6. The maximum Gasteiger partial charge on any atom is 0.219 e. The standard InChI is InChI=1S/C20H29FN6O2/c1-12(28)27-9-6-14(27)11-26-7-4-13(5-8-26)20(29-23)19(22)18-15-10-24-25-17(15)3-2-16(18)21/h2-3,10,13-14,19-20H,4-9,11,22-23H2,1H3,(H,24,25)/t14?,19?,20-/m1/s1. The van der Waals surface area contributed by atoms with Crippen LogP contribution in [0.1, 0.15) is 37.8 Å². The fraction of sp³-hybridized carbons (Fsp3) is 0.600. The molecular formula is C20H29FN6O2. The third-order valence-corrected chi connectivity index (χ3v) is 6.57. The van der Waals surface area contributed by atoms with Gasteiger partial charge in [-0.3, -0.25) is 14.7 Å². The second-order valence-corrected chi connectivity index (χ2v) is 8.21. The maximum absolute atomic E-state index is 14.6. The van der Waals surface area contributed by atoms with Crippen molar-refractivity contribution >= 4 is 16.8 Å². The summed E-state index contributed by atoms with van der Waals surface area (Å²) in [5, 5.41) is 7.50. The van der Waals surface area contributed by atoms with Crippen LogP contribution in [0.5, 0.6) is 0 Å². The highest BCUT2D eigenvalue weighted by molar-refractivity contribution is 5.82. The summed E-state index contributed by atoms with van der Waals surface area (Å²) in [4.78, 5) is 21.2. The van der Waals surface area contributed by atoms with E-state index in [-0.39, 0.29) is 17.6 Å². The Morgan fingerprint density at radius 1 is 1.34 bits per heavy atom. The van der Waals surface area contributed by atoms with Gasteiger partial charge in [-0.1, -0.05) is 0 Å². The van der Waals surface area contributed by atoms with Crippen LogP contribution in [0.25, 0.3) is 10.9 Å². The van der Waals surface area contributed by atoms with Crippen LogP contribution in [-0.4, -0.2) is 64.2 Å². The quantitative estimate of drug-likeness (QED) is 0.626. The van der Waals surface area contributed by atoms with Crippen LogP contribution in [-0.2, 0) is 9.63 Å².